The zero-order chi connectivity index (χ0) is 15.3. The summed E-state index contributed by atoms with van der Waals surface area (Å²) >= 11 is 0. The zero-order valence-electron chi connectivity index (χ0n) is 12.2. The van der Waals surface area contributed by atoms with Crippen LogP contribution in [0.2, 0.25) is 0 Å². The van der Waals surface area contributed by atoms with Gasteiger partial charge in [0.2, 0.25) is 10.0 Å². The maximum absolute atomic E-state index is 12.4. The first-order valence-electron chi connectivity index (χ1n) is 7.00. The number of methoxy groups -OCH3 is 1. The largest absolute Gasteiger partial charge is 0.490 e. The van der Waals surface area contributed by atoms with Crippen LogP contribution in [0.25, 0.3) is 0 Å². The SMILES string of the molecule is COCCN(C1CC1)S(=O)(=O)CCOc1ccccc1N. The molecule has 1 aromatic carbocycles. The molecule has 0 bridgehead atoms. The van der Waals surface area contributed by atoms with E-state index in [0.717, 1.165) is 12.8 Å². The van der Waals surface area contributed by atoms with Gasteiger partial charge >= 0.3 is 0 Å². The number of hydrogen-bond acceptors (Lipinski definition) is 5. The first-order valence-corrected chi connectivity index (χ1v) is 8.61. The van der Waals surface area contributed by atoms with E-state index in [2.05, 4.69) is 0 Å². The van der Waals surface area contributed by atoms with E-state index in [-0.39, 0.29) is 18.4 Å². The maximum Gasteiger partial charge on any atom is 0.217 e. The Balaban J connectivity index is 1.89. The van der Waals surface area contributed by atoms with E-state index >= 15 is 0 Å². The van der Waals surface area contributed by atoms with Gasteiger partial charge in [0, 0.05) is 19.7 Å². The van der Waals surface area contributed by atoms with Crippen LogP contribution in [0.4, 0.5) is 5.69 Å². The van der Waals surface area contributed by atoms with E-state index in [1.807, 2.05) is 0 Å². The summed E-state index contributed by atoms with van der Waals surface area (Å²) in [6.45, 7) is 0.895. The van der Waals surface area contributed by atoms with Gasteiger partial charge in [-0.2, -0.15) is 4.31 Å². The molecule has 118 valence electrons. The second-order valence-corrected chi connectivity index (χ2v) is 7.08. The van der Waals surface area contributed by atoms with E-state index in [9.17, 15) is 8.42 Å². The Morgan fingerprint density at radius 2 is 2.00 bits per heavy atom. The number of ether oxygens (including phenoxy) is 2. The fraction of sp³-hybridized carbons (Fsp3) is 0.571. The molecule has 1 fully saturated rings. The highest BCUT2D eigenvalue weighted by Gasteiger charge is 2.36. The lowest BCUT2D eigenvalue weighted by atomic mass is 10.3. The topological polar surface area (TPSA) is 81.9 Å². The minimum absolute atomic E-state index is 0.0540. The lowest BCUT2D eigenvalue weighted by Crippen LogP contribution is -2.38. The van der Waals surface area contributed by atoms with Gasteiger partial charge in [-0.15, -0.1) is 0 Å². The first kappa shape index (κ1) is 16.1. The summed E-state index contributed by atoms with van der Waals surface area (Å²) in [5.41, 5.74) is 6.26. The average molecular weight is 314 g/mol. The van der Waals surface area contributed by atoms with Crippen molar-refractivity contribution in [3.63, 3.8) is 0 Å². The summed E-state index contributed by atoms with van der Waals surface area (Å²) in [6.07, 6.45) is 1.85. The molecule has 0 radical (unpaired) electrons. The van der Waals surface area contributed by atoms with Gasteiger partial charge in [-0.05, 0) is 25.0 Å². The highest BCUT2D eigenvalue weighted by Crippen LogP contribution is 2.29. The standard InChI is InChI=1S/C14H22N2O4S/c1-19-9-8-16(12-6-7-12)21(17,18)11-10-20-14-5-3-2-4-13(14)15/h2-5,12H,6-11,15H2,1H3. The predicted molar refractivity (Wildman–Crippen MR) is 81.7 cm³/mol. The van der Waals surface area contributed by atoms with Gasteiger partial charge < -0.3 is 15.2 Å². The molecule has 0 saturated heterocycles. The molecule has 0 aromatic heterocycles. The molecular weight excluding hydrogens is 292 g/mol. The fourth-order valence-corrected chi connectivity index (χ4v) is 3.62. The number of hydrogen-bond donors (Lipinski definition) is 1. The Labute approximate surface area is 125 Å². The molecule has 2 N–H and O–H groups in total. The Bertz CT molecular complexity index is 558. The maximum atomic E-state index is 12.4. The second kappa shape index (κ2) is 7.11. The molecule has 0 unspecified atom stereocenters. The number of benzene rings is 1. The third-order valence-corrected chi connectivity index (χ3v) is 5.22. The second-order valence-electron chi connectivity index (χ2n) is 5.04. The van der Waals surface area contributed by atoms with E-state index in [4.69, 9.17) is 15.2 Å². The van der Waals surface area contributed by atoms with Crippen LogP contribution in [-0.4, -0.2) is 51.4 Å². The Morgan fingerprint density at radius 1 is 1.29 bits per heavy atom. The first-order chi connectivity index (χ1) is 10.0. The Hall–Kier alpha value is -1.31. The summed E-state index contributed by atoms with van der Waals surface area (Å²) in [7, 11) is -1.76. The van der Waals surface area contributed by atoms with Gasteiger partial charge in [0.25, 0.3) is 0 Å². The van der Waals surface area contributed by atoms with E-state index in [0.29, 0.717) is 24.6 Å². The van der Waals surface area contributed by atoms with Crippen molar-refractivity contribution in [2.45, 2.75) is 18.9 Å². The summed E-state index contributed by atoms with van der Waals surface area (Å²) in [6, 6.07) is 7.19. The number of nitrogens with zero attached hydrogens (tertiary/aromatic N) is 1. The van der Waals surface area contributed by atoms with E-state index < -0.39 is 10.0 Å². The highest BCUT2D eigenvalue weighted by molar-refractivity contribution is 7.89. The van der Waals surface area contributed by atoms with Gasteiger partial charge in [-0.3, -0.25) is 0 Å². The normalized spacial score (nSPS) is 15.3. The molecule has 7 heteroatoms. The van der Waals surface area contributed by atoms with Crippen LogP contribution in [-0.2, 0) is 14.8 Å². The van der Waals surface area contributed by atoms with Crippen LogP contribution in [0, 0.1) is 0 Å². The predicted octanol–water partition coefficient (Wildman–Crippen LogP) is 1.09. The molecule has 1 aromatic rings. The van der Waals surface area contributed by atoms with E-state index in [1.54, 1.807) is 31.4 Å². The van der Waals surface area contributed by atoms with Crippen LogP contribution >= 0.6 is 0 Å². The molecule has 0 atom stereocenters. The molecule has 1 saturated carbocycles. The van der Waals surface area contributed by atoms with Crippen molar-refractivity contribution in [2.75, 3.05) is 38.4 Å². The molecule has 1 aliphatic carbocycles. The van der Waals surface area contributed by atoms with Crippen molar-refractivity contribution in [3.8, 4) is 5.75 Å². The third-order valence-electron chi connectivity index (χ3n) is 3.35. The lowest BCUT2D eigenvalue weighted by Gasteiger charge is -2.21. The van der Waals surface area contributed by atoms with Gasteiger partial charge in [0.05, 0.1) is 18.0 Å². The van der Waals surface area contributed by atoms with Crippen molar-refractivity contribution < 1.29 is 17.9 Å². The molecular formula is C14H22N2O4S. The summed E-state index contributed by atoms with van der Waals surface area (Å²) in [5.74, 6) is 0.462. The van der Waals surface area contributed by atoms with Gasteiger partial charge in [-0.25, -0.2) is 8.42 Å². The summed E-state index contributed by atoms with van der Waals surface area (Å²) < 4.78 is 36.7. The minimum Gasteiger partial charge on any atom is -0.490 e. The number of sulfonamides is 1. The fourth-order valence-electron chi connectivity index (χ4n) is 2.08. The highest BCUT2D eigenvalue weighted by atomic mass is 32.2. The lowest BCUT2D eigenvalue weighted by molar-refractivity contribution is 0.177. The van der Waals surface area contributed by atoms with Crippen LogP contribution in [0.1, 0.15) is 12.8 Å². The summed E-state index contributed by atoms with van der Waals surface area (Å²) in [4.78, 5) is 0. The smallest absolute Gasteiger partial charge is 0.217 e. The van der Waals surface area contributed by atoms with Gasteiger partial charge in [0.1, 0.15) is 12.4 Å². The van der Waals surface area contributed by atoms with Crippen molar-refractivity contribution in [2.24, 2.45) is 0 Å². The summed E-state index contributed by atoms with van der Waals surface area (Å²) in [5, 5.41) is 0. The van der Waals surface area contributed by atoms with Crippen molar-refractivity contribution in [3.05, 3.63) is 24.3 Å². The van der Waals surface area contributed by atoms with Gasteiger partial charge in [-0.1, -0.05) is 12.1 Å². The molecule has 2 rings (SSSR count). The van der Waals surface area contributed by atoms with Crippen LogP contribution < -0.4 is 10.5 Å². The molecule has 6 nitrogen and oxygen atoms in total. The Kier molecular flexibility index (Phi) is 5.44. The number of anilines is 1. The Morgan fingerprint density at radius 3 is 2.62 bits per heavy atom. The van der Waals surface area contributed by atoms with Crippen LogP contribution in [0.3, 0.4) is 0 Å². The number of nitrogens with two attached hydrogens (primary N) is 1. The van der Waals surface area contributed by atoms with Crippen LogP contribution in [0.15, 0.2) is 24.3 Å². The van der Waals surface area contributed by atoms with Gasteiger partial charge in [0.15, 0.2) is 0 Å². The number of nitrogen functional groups attached to an aromatic ring is 1. The molecule has 0 amide bonds. The zero-order valence-corrected chi connectivity index (χ0v) is 13.0. The average Bonchev–Trinajstić information content (AvgIpc) is 3.26. The quantitative estimate of drug-likeness (QED) is 0.690. The van der Waals surface area contributed by atoms with Crippen molar-refractivity contribution >= 4 is 15.7 Å². The van der Waals surface area contributed by atoms with E-state index in [1.165, 1.54) is 4.31 Å². The van der Waals surface area contributed by atoms with Crippen molar-refractivity contribution in [1.29, 1.82) is 0 Å². The number of para-hydroxylation sites is 2. The monoisotopic (exact) mass is 314 g/mol. The molecule has 0 aliphatic heterocycles. The molecule has 21 heavy (non-hydrogen) atoms. The minimum atomic E-state index is -3.33. The van der Waals surface area contributed by atoms with Crippen molar-refractivity contribution in [1.82, 2.24) is 4.31 Å². The molecule has 0 heterocycles. The number of rotatable bonds is 9. The third kappa shape index (κ3) is 4.59. The molecule has 1 aliphatic rings. The van der Waals surface area contributed by atoms with Crippen LogP contribution in [0.5, 0.6) is 5.75 Å². The molecule has 0 spiro atoms.